The maximum absolute atomic E-state index is 13.6. The average Bonchev–Trinajstić information content (AvgIpc) is 3.36. The molecule has 2 aromatic carbocycles. The van der Waals surface area contributed by atoms with Crippen LogP contribution in [0.3, 0.4) is 0 Å². The van der Waals surface area contributed by atoms with Gasteiger partial charge in [-0.1, -0.05) is 12.2 Å². The minimum atomic E-state index is -1.41. The van der Waals surface area contributed by atoms with Gasteiger partial charge in [-0.2, -0.15) is 0 Å². The fourth-order valence-corrected chi connectivity index (χ4v) is 5.56. The smallest absolute Gasteiger partial charge is 0.416 e. The highest BCUT2D eigenvalue weighted by molar-refractivity contribution is 6.06. The van der Waals surface area contributed by atoms with Crippen molar-refractivity contribution in [2.75, 3.05) is 64.9 Å². The number of carbonyl (C=O) groups is 3. The Labute approximate surface area is 243 Å². The number of hydrogen-bond acceptors (Lipinski definition) is 10. The molecule has 13 nitrogen and oxygen atoms in total. The number of aliphatic hydroxyl groups excluding tert-OH is 1. The van der Waals surface area contributed by atoms with Gasteiger partial charge in [0.05, 0.1) is 49.9 Å². The van der Waals surface area contributed by atoms with Gasteiger partial charge >= 0.3 is 6.09 Å². The second-order valence-electron chi connectivity index (χ2n) is 10.4. The molecular weight excluding hydrogens is 548 g/mol. The topological polar surface area (TPSA) is 131 Å². The van der Waals surface area contributed by atoms with E-state index in [2.05, 4.69) is 6.58 Å². The average molecular weight is 583 g/mol. The number of ether oxygens (including phenoxy) is 3. The van der Waals surface area contributed by atoms with Crippen LogP contribution >= 0.6 is 0 Å². The second-order valence-corrected chi connectivity index (χ2v) is 10.4. The lowest BCUT2D eigenvalue weighted by Gasteiger charge is -2.31. The molecule has 0 saturated carbocycles. The van der Waals surface area contributed by atoms with Gasteiger partial charge in [0.1, 0.15) is 0 Å². The first-order chi connectivity index (χ1) is 20.1. The first kappa shape index (κ1) is 28.9. The van der Waals surface area contributed by atoms with Crippen molar-refractivity contribution in [2.45, 2.75) is 25.1 Å². The van der Waals surface area contributed by atoms with E-state index in [1.807, 2.05) is 11.9 Å². The predicted octanol–water partition coefficient (Wildman–Crippen LogP) is 2.66. The SMILES string of the molecule is C=C1C[C@H]2C(O)N(C(=O)OC)c3cc(OOc4cc5c(cc4OC)C(=O)N(C)CCCN5C)c(OC)cc3C(=O)N2C1. The van der Waals surface area contributed by atoms with Crippen LogP contribution < -0.4 is 29.0 Å². The molecule has 3 heterocycles. The highest BCUT2D eigenvalue weighted by atomic mass is 17.2. The minimum absolute atomic E-state index is 0.00887. The van der Waals surface area contributed by atoms with Gasteiger partial charge < -0.3 is 34.0 Å². The van der Waals surface area contributed by atoms with Crippen LogP contribution in [0.1, 0.15) is 33.6 Å². The van der Waals surface area contributed by atoms with E-state index in [4.69, 9.17) is 24.0 Å². The normalized spacial score (nSPS) is 20.2. The van der Waals surface area contributed by atoms with E-state index in [9.17, 15) is 19.5 Å². The van der Waals surface area contributed by atoms with Crippen LogP contribution in [-0.4, -0.2) is 100 Å². The summed E-state index contributed by atoms with van der Waals surface area (Å²) < 4.78 is 16.0. The molecule has 0 radical (unpaired) electrons. The molecular formula is C29H34N4O9. The van der Waals surface area contributed by atoms with E-state index in [1.165, 1.54) is 38.4 Å². The molecule has 224 valence electrons. The largest absolute Gasteiger partial charge is 0.493 e. The van der Waals surface area contributed by atoms with Crippen molar-refractivity contribution in [1.29, 1.82) is 0 Å². The molecule has 0 aliphatic carbocycles. The maximum Gasteiger partial charge on any atom is 0.416 e. The molecule has 42 heavy (non-hydrogen) atoms. The summed E-state index contributed by atoms with van der Waals surface area (Å²) in [6, 6.07) is 5.32. The Bertz CT molecular complexity index is 1440. The van der Waals surface area contributed by atoms with E-state index in [1.54, 1.807) is 24.1 Å². The zero-order valence-corrected chi connectivity index (χ0v) is 24.2. The van der Waals surface area contributed by atoms with Crippen molar-refractivity contribution in [3.8, 4) is 23.0 Å². The quantitative estimate of drug-likeness (QED) is 0.319. The number of benzene rings is 2. The van der Waals surface area contributed by atoms with E-state index < -0.39 is 24.3 Å². The Morgan fingerprint density at radius 1 is 0.857 bits per heavy atom. The summed E-state index contributed by atoms with van der Waals surface area (Å²) in [6.45, 7) is 5.52. The second kappa shape index (κ2) is 11.3. The van der Waals surface area contributed by atoms with Gasteiger partial charge in [0, 0.05) is 45.9 Å². The van der Waals surface area contributed by atoms with Gasteiger partial charge in [0.25, 0.3) is 11.8 Å². The lowest BCUT2D eigenvalue weighted by atomic mass is 10.1. The summed E-state index contributed by atoms with van der Waals surface area (Å²) in [7, 11) is 7.66. The number of aliphatic hydroxyl groups is 1. The molecule has 3 aliphatic rings. The van der Waals surface area contributed by atoms with E-state index in [-0.39, 0.29) is 46.7 Å². The molecule has 5 rings (SSSR count). The van der Waals surface area contributed by atoms with Gasteiger partial charge in [-0.05, 0) is 25.0 Å². The number of carbonyl (C=O) groups excluding carboxylic acids is 3. The Morgan fingerprint density at radius 2 is 1.43 bits per heavy atom. The minimum Gasteiger partial charge on any atom is -0.493 e. The van der Waals surface area contributed by atoms with Crippen LogP contribution in [0.5, 0.6) is 23.0 Å². The molecule has 0 spiro atoms. The lowest BCUT2D eigenvalue weighted by molar-refractivity contribution is -0.103. The number of amides is 3. The van der Waals surface area contributed by atoms with Crippen molar-refractivity contribution in [3.63, 3.8) is 0 Å². The highest BCUT2D eigenvalue weighted by Crippen LogP contribution is 2.43. The van der Waals surface area contributed by atoms with Gasteiger partial charge in [0.15, 0.2) is 17.7 Å². The summed E-state index contributed by atoms with van der Waals surface area (Å²) in [5.74, 6) is 0.0134. The van der Waals surface area contributed by atoms with Gasteiger partial charge in [-0.15, -0.1) is 0 Å². The molecule has 1 unspecified atom stereocenters. The van der Waals surface area contributed by atoms with Crippen LogP contribution in [-0.2, 0) is 4.74 Å². The van der Waals surface area contributed by atoms with Crippen molar-refractivity contribution in [1.82, 2.24) is 9.80 Å². The van der Waals surface area contributed by atoms with Crippen LogP contribution in [0.4, 0.5) is 16.2 Å². The molecule has 0 aromatic heterocycles. The fraction of sp³-hybridized carbons (Fsp3) is 0.414. The monoisotopic (exact) mass is 582 g/mol. The van der Waals surface area contributed by atoms with Crippen molar-refractivity contribution < 1.29 is 43.5 Å². The Hall–Kier alpha value is -4.65. The summed E-state index contributed by atoms with van der Waals surface area (Å²) in [5.41, 5.74) is 2.00. The number of hydrogen-bond donors (Lipinski definition) is 1. The summed E-state index contributed by atoms with van der Waals surface area (Å²) in [4.78, 5) is 57.1. The van der Waals surface area contributed by atoms with Crippen molar-refractivity contribution in [3.05, 3.63) is 47.5 Å². The molecule has 1 fully saturated rings. The summed E-state index contributed by atoms with van der Waals surface area (Å²) in [5, 5.41) is 11.3. The third-order valence-corrected chi connectivity index (χ3v) is 7.78. The first-order valence-electron chi connectivity index (χ1n) is 13.4. The zero-order chi connectivity index (χ0) is 30.3. The van der Waals surface area contributed by atoms with Gasteiger partial charge in [-0.25, -0.2) is 9.69 Å². The molecule has 1 saturated heterocycles. The number of methoxy groups -OCH3 is 3. The van der Waals surface area contributed by atoms with Crippen LogP contribution in [0.15, 0.2) is 36.4 Å². The van der Waals surface area contributed by atoms with Crippen molar-refractivity contribution >= 4 is 29.3 Å². The number of rotatable bonds is 5. The van der Waals surface area contributed by atoms with Gasteiger partial charge in [0.2, 0.25) is 11.5 Å². The number of nitrogens with zero attached hydrogens (tertiary/aromatic N) is 4. The molecule has 2 aromatic rings. The maximum atomic E-state index is 13.6. The number of anilines is 2. The summed E-state index contributed by atoms with van der Waals surface area (Å²) in [6.07, 6.45) is -1.17. The molecule has 2 atom stereocenters. The van der Waals surface area contributed by atoms with Crippen LogP contribution in [0.25, 0.3) is 0 Å². The molecule has 1 N–H and O–H groups in total. The number of fused-ring (bicyclic) bond motifs is 3. The fourth-order valence-electron chi connectivity index (χ4n) is 5.56. The van der Waals surface area contributed by atoms with Crippen LogP contribution in [0, 0.1) is 0 Å². The summed E-state index contributed by atoms with van der Waals surface area (Å²) >= 11 is 0. The van der Waals surface area contributed by atoms with E-state index in [0.717, 1.165) is 16.9 Å². The molecule has 13 heteroatoms. The Balaban J connectivity index is 1.55. The third kappa shape index (κ3) is 4.89. The standard InChI is InChI=1S/C29H34N4O9/c1-16-10-21-28(36)33(29(37)40-6)20-14-25(23(39-5)12-18(20)27(35)32(21)15-16)42-41-24-13-19-17(11-22(24)38-4)26(34)31(3)9-7-8-30(19)2/h11-14,21,28,36H,1,7-10,15H2,2-6H3/t21-,28?/m0/s1. The third-order valence-electron chi connectivity index (χ3n) is 7.78. The highest BCUT2D eigenvalue weighted by Gasteiger charge is 2.46. The molecule has 3 amide bonds. The Kier molecular flexibility index (Phi) is 7.78. The molecule has 0 bridgehead atoms. The van der Waals surface area contributed by atoms with Crippen molar-refractivity contribution in [2.24, 2.45) is 0 Å². The van der Waals surface area contributed by atoms with E-state index >= 15 is 0 Å². The van der Waals surface area contributed by atoms with E-state index in [0.29, 0.717) is 30.8 Å². The Morgan fingerprint density at radius 3 is 2.02 bits per heavy atom. The lowest BCUT2D eigenvalue weighted by Crippen LogP contribution is -2.50. The van der Waals surface area contributed by atoms with Crippen LogP contribution in [0.2, 0.25) is 0 Å². The van der Waals surface area contributed by atoms with Gasteiger partial charge in [-0.3, -0.25) is 19.4 Å². The zero-order valence-electron chi connectivity index (χ0n) is 24.2. The first-order valence-corrected chi connectivity index (χ1v) is 13.4. The molecule has 3 aliphatic heterocycles. The predicted molar refractivity (Wildman–Crippen MR) is 152 cm³/mol.